The van der Waals surface area contributed by atoms with E-state index in [2.05, 4.69) is 0 Å². The van der Waals surface area contributed by atoms with E-state index in [1.807, 2.05) is 6.92 Å². The first kappa shape index (κ1) is 26.0. The molecule has 0 aromatic heterocycles. The van der Waals surface area contributed by atoms with Gasteiger partial charge in [0, 0.05) is 12.2 Å². The summed E-state index contributed by atoms with van der Waals surface area (Å²) in [4.78, 5) is 0. The van der Waals surface area contributed by atoms with Gasteiger partial charge in [-0.3, -0.25) is 0 Å². The second-order valence-electron chi connectivity index (χ2n) is 8.87. The normalized spacial score (nSPS) is 17.7. The second kappa shape index (κ2) is 11.8. The molecule has 1 fully saturated rings. The van der Waals surface area contributed by atoms with Crippen LogP contribution in [0, 0.1) is 23.3 Å². The molecule has 0 N–H and O–H groups in total. The summed E-state index contributed by atoms with van der Waals surface area (Å²) in [5.41, 5.74) is 1.62. The minimum atomic E-state index is -1.04. The van der Waals surface area contributed by atoms with E-state index in [0.29, 0.717) is 23.3 Å². The Hall–Kier alpha value is -3.06. The van der Waals surface area contributed by atoms with E-state index < -0.39 is 23.3 Å². The van der Waals surface area contributed by atoms with Crippen molar-refractivity contribution in [1.82, 2.24) is 0 Å². The molecule has 1 aliphatic rings. The molecule has 0 bridgehead atoms. The number of rotatable bonds is 9. The van der Waals surface area contributed by atoms with Gasteiger partial charge in [-0.15, -0.1) is 0 Å². The lowest BCUT2D eigenvalue weighted by atomic mass is 9.82. The van der Waals surface area contributed by atoms with Crippen molar-refractivity contribution in [2.24, 2.45) is 0 Å². The molecule has 0 spiro atoms. The van der Waals surface area contributed by atoms with Crippen molar-refractivity contribution in [2.45, 2.75) is 58.2 Å². The largest absolute Gasteiger partial charge is 0.491 e. The van der Waals surface area contributed by atoms with Gasteiger partial charge < -0.3 is 14.2 Å². The molecule has 4 rings (SSSR count). The fourth-order valence-corrected chi connectivity index (χ4v) is 4.71. The van der Waals surface area contributed by atoms with Crippen LogP contribution in [0.1, 0.15) is 56.6 Å². The fourth-order valence-electron chi connectivity index (χ4n) is 4.71. The fraction of sp³-hybridized carbons (Fsp3) is 0.379. The van der Waals surface area contributed by atoms with Gasteiger partial charge in [-0.05, 0) is 80.3 Å². The van der Waals surface area contributed by atoms with Gasteiger partial charge in [-0.1, -0.05) is 30.3 Å². The molecule has 36 heavy (non-hydrogen) atoms. The van der Waals surface area contributed by atoms with Crippen LogP contribution in [0.15, 0.2) is 48.5 Å². The molecule has 3 nitrogen and oxygen atoms in total. The number of ether oxygens (including phenoxy) is 3. The van der Waals surface area contributed by atoms with Crippen LogP contribution in [0.25, 0.3) is 11.1 Å². The van der Waals surface area contributed by atoms with Gasteiger partial charge in [0.15, 0.2) is 23.1 Å². The average molecular weight is 503 g/mol. The third kappa shape index (κ3) is 5.67. The van der Waals surface area contributed by atoms with Crippen LogP contribution in [0.2, 0.25) is 0 Å². The molecule has 0 unspecified atom stereocenters. The molecular weight excluding hydrogens is 472 g/mol. The van der Waals surface area contributed by atoms with E-state index in [4.69, 9.17) is 14.2 Å². The summed E-state index contributed by atoms with van der Waals surface area (Å²) >= 11 is 0. The van der Waals surface area contributed by atoms with Crippen LogP contribution in [0.5, 0.6) is 11.5 Å². The zero-order valence-electron chi connectivity index (χ0n) is 20.5. The highest BCUT2D eigenvalue weighted by Gasteiger charge is 2.27. The number of hydrogen-bond donors (Lipinski definition) is 0. The van der Waals surface area contributed by atoms with Crippen LogP contribution < -0.4 is 9.47 Å². The molecular formula is C29H30F4O3. The third-order valence-electron chi connectivity index (χ3n) is 6.60. The predicted molar refractivity (Wildman–Crippen MR) is 130 cm³/mol. The van der Waals surface area contributed by atoms with Crippen molar-refractivity contribution in [3.8, 4) is 22.6 Å². The zero-order chi connectivity index (χ0) is 25.7. The van der Waals surface area contributed by atoms with Gasteiger partial charge >= 0.3 is 0 Å². The van der Waals surface area contributed by atoms with Crippen LogP contribution in [0.4, 0.5) is 17.6 Å². The van der Waals surface area contributed by atoms with Gasteiger partial charge in [0.1, 0.15) is 6.61 Å². The predicted octanol–water partition coefficient (Wildman–Crippen LogP) is 7.95. The van der Waals surface area contributed by atoms with E-state index in [1.165, 1.54) is 18.2 Å². The minimum absolute atomic E-state index is 0.00439. The van der Waals surface area contributed by atoms with Gasteiger partial charge in [0.2, 0.25) is 11.6 Å². The maximum atomic E-state index is 14.8. The Morgan fingerprint density at radius 1 is 0.667 bits per heavy atom. The van der Waals surface area contributed by atoms with E-state index >= 15 is 0 Å². The maximum absolute atomic E-state index is 14.8. The van der Waals surface area contributed by atoms with E-state index in [1.54, 1.807) is 37.3 Å². The molecule has 192 valence electrons. The summed E-state index contributed by atoms with van der Waals surface area (Å²) in [6, 6.07) is 12.5. The lowest BCUT2D eigenvalue weighted by molar-refractivity contribution is 0.0325. The molecule has 0 amide bonds. The molecule has 1 aliphatic carbocycles. The van der Waals surface area contributed by atoms with Crippen LogP contribution in [0.3, 0.4) is 0 Å². The average Bonchev–Trinajstić information content (AvgIpc) is 2.89. The van der Waals surface area contributed by atoms with Crippen molar-refractivity contribution in [2.75, 3.05) is 13.2 Å². The van der Waals surface area contributed by atoms with Gasteiger partial charge in [-0.2, -0.15) is 8.78 Å². The lowest BCUT2D eigenvalue weighted by Gasteiger charge is -2.29. The molecule has 0 heterocycles. The standard InChI is InChI=1S/C29H30F4O3/c1-3-34-21-11-9-20(10-12-21)23-14-16-25(29(33)27(23)31)36-17-18-5-7-19(8-6-18)22-13-15-24(35-4-2)28(32)26(22)30/h5-8,13-16,20-21H,3-4,9-12,17H2,1-2H3. The molecule has 0 saturated heterocycles. The highest BCUT2D eigenvalue weighted by Crippen LogP contribution is 2.37. The van der Waals surface area contributed by atoms with Crippen molar-refractivity contribution < 1.29 is 31.8 Å². The molecule has 0 atom stereocenters. The van der Waals surface area contributed by atoms with E-state index in [0.717, 1.165) is 25.7 Å². The van der Waals surface area contributed by atoms with Crippen LogP contribution in [-0.2, 0) is 11.3 Å². The first-order valence-electron chi connectivity index (χ1n) is 12.3. The molecule has 3 aromatic carbocycles. The molecule has 1 saturated carbocycles. The SMILES string of the molecule is CCOc1ccc(-c2ccc(COc3ccc(C4CCC(OCC)CC4)c(F)c3F)cc2)c(F)c1F. The van der Waals surface area contributed by atoms with E-state index in [9.17, 15) is 17.6 Å². The van der Waals surface area contributed by atoms with Crippen molar-refractivity contribution in [3.05, 3.63) is 82.9 Å². The Morgan fingerprint density at radius 3 is 1.97 bits per heavy atom. The van der Waals surface area contributed by atoms with Crippen LogP contribution in [-0.4, -0.2) is 19.3 Å². The summed E-state index contributed by atoms with van der Waals surface area (Å²) in [5, 5.41) is 0. The Balaban J connectivity index is 1.40. The Bertz CT molecular complexity index is 1170. The van der Waals surface area contributed by atoms with Gasteiger partial charge in [0.25, 0.3) is 0 Å². The summed E-state index contributed by atoms with van der Waals surface area (Å²) in [5.74, 6) is -4.23. The lowest BCUT2D eigenvalue weighted by Crippen LogP contribution is -2.21. The van der Waals surface area contributed by atoms with Gasteiger partial charge in [-0.25, -0.2) is 8.78 Å². The Labute approximate surface area is 209 Å². The summed E-state index contributed by atoms with van der Waals surface area (Å²) in [6.07, 6.45) is 3.37. The van der Waals surface area contributed by atoms with Crippen LogP contribution >= 0.6 is 0 Å². The minimum Gasteiger partial charge on any atom is -0.491 e. The number of benzene rings is 3. The second-order valence-corrected chi connectivity index (χ2v) is 8.87. The quantitative estimate of drug-likeness (QED) is 0.278. The smallest absolute Gasteiger partial charge is 0.201 e. The number of halogens is 4. The first-order chi connectivity index (χ1) is 17.4. The zero-order valence-corrected chi connectivity index (χ0v) is 20.5. The molecule has 3 aromatic rings. The molecule has 7 heteroatoms. The van der Waals surface area contributed by atoms with Crippen molar-refractivity contribution in [3.63, 3.8) is 0 Å². The summed E-state index contributed by atoms with van der Waals surface area (Å²) in [7, 11) is 0. The molecule has 0 aliphatic heterocycles. The highest BCUT2D eigenvalue weighted by atomic mass is 19.2. The monoisotopic (exact) mass is 502 g/mol. The Morgan fingerprint density at radius 2 is 1.31 bits per heavy atom. The molecule has 0 radical (unpaired) electrons. The van der Waals surface area contributed by atoms with Crippen molar-refractivity contribution in [1.29, 1.82) is 0 Å². The van der Waals surface area contributed by atoms with E-state index in [-0.39, 0.29) is 42.3 Å². The summed E-state index contributed by atoms with van der Waals surface area (Å²) < 4.78 is 74.5. The topological polar surface area (TPSA) is 27.7 Å². The number of hydrogen-bond acceptors (Lipinski definition) is 3. The highest BCUT2D eigenvalue weighted by molar-refractivity contribution is 5.65. The third-order valence-corrected chi connectivity index (χ3v) is 6.60. The van der Waals surface area contributed by atoms with Gasteiger partial charge in [0.05, 0.1) is 12.7 Å². The van der Waals surface area contributed by atoms with Crippen molar-refractivity contribution >= 4 is 0 Å². The first-order valence-corrected chi connectivity index (χ1v) is 12.3. The maximum Gasteiger partial charge on any atom is 0.201 e. The Kier molecular flexibility index (Phi) is 8.52. The summed E-state index contributed by atoms with van der Waals surface area (Å²) in [6.45, 7) is 4.53.